The number of aliphatic carboxylic acids is 1. The van der Waals surface area contributed by atoms with E-state index >= 15 is 0 Å². The molecule has 0 spiro atoms. The minimum Gasteiger partial charge on any atom is -0.481 e. The predicted octanol–water partition coefficient (Wildman–Crippen LogP) is 7.19. The van der Waals surface area contributed by atoms with Crippen LogP contribution in [0.2, 0.25) is 0 Å². The van der Waals surface area contributed by atoms with E-state index in [9.17, 15) is 4.79 Å². The SMILES string of the molecule is CCCCCCCCCCCCCCCCC(CCl)CC(=O)O. The van der Waals surface area contributed by atoms with E-state index in [0.29, 0.717) is 5.88 Å². The van der Waals surface area contributed by atoms with Gasteiger partial charge in [-0.15, -0.1) is 11.6 Å². The number of unbranched alkanes of at least 4 members (excludes halogenated alkanes) is 13. The molecule has 0 fully saturated rings. The van der Waals surface area contributed by atoms with Crippen molar-refractivity contribution in [2.45, 2.75) is 110 Å². The van der Waals surface area contributed by atoms with Crippen LogP contribution in [-0.4, -0.2) is 17.0 Å². The summed E-state index contributed by atoms with van der Waals surface area (Å²) in [5.74, 6) is -0.0856. The zero-order valence-electron chi connectivity index (χ0n) is 15.3. The summed E-state index contributed by atoms with van der Waals surface area (Å²) < 4.78 is 0. The minimum atomic E-state index is -0.721. The topological polar surface area (TPSA) is 37.3 Å². The molecule has 0 aromatic carbocycles. The number of carboxylic acids is 1. The molecule has 0 heterocycles. The highest BCUT2D eigenvalue weighted by Gasteiger charge is 2.11. The van der Waals surface area contributed by atoms with Crippen molar-refractivity contribution in [2.24, 2.45) is 5.92 Å². The van der Waals surface area contributed by atoms with E-state index in [1.807, 2.05) is 0 Å². The summed E-state index contributed by atoms with van der Waals surface area (Å²) in [7, 11) is 0. The van der Waals surface area contributed by atoms with Crippen LogP contribution in [0.15, 0.2) is 0 Å². The van der Waals surface area contributed by atoms with Crippen LogP contribution in [0.5, 0.6) is 0 Å². The number of carbonyl (C=O) groups is 1. The molecule has 1 unspecified atom stereocenters. The Morgan fingerprint density at radius 3 is 1.52 bits per heavy atom. The first-order valence-corrected chi connectivity index (χ1v) is 10.5. The minimum absolute atomic E-state index is 0.159. The smallest absolute Gasteiger partial charge is 0.303 e. The molecule has 0 aliphatic carbocycles. The average molecular weight is 347 g/mol. The normalized spacial score (nSPS) is 12.4. The molecular formula is C20H39ClO2. The molecule has 1 atom stereocenters. The predicted molar refractivity (Wildman–Crippen MR) is 101 cm³/mol. The summed E-state index contributed by atoms with van der Waals surface area (Å²) in [5, 5.41) is 8.77. The average Bonchev–Trinajstić information content (AvgIpc) is 2.53. The first-order chi connectivity index (χ1) is 11.2. The number of alkyl halides is 1. The molecule has 0 amide bonds. The Hall–Kier alpha value is -0.240. The lowest BCUT2D eigenvalue weighted by Gasteiger charge is -2.10. The first-order valence-electron chi connectivity index (χ1n) is 9.98. The third kappa shape index (κ3) is 17.9. The Morgan fingerprint density at radius 2 is 1.17 bits per heavy atom. The van der Waals surface area contributed by atoms with Crippen LogP contribution in [0, 0.1) is 5.92 Å². The van der Waals surface area contributed by atoms with Crippen molar-refractivity contribution in [3.05, 3.63) is 0 Å². The van der Waals surface area contributed by atoms with Gasteiger partial charge < -0.3 is 5.11 Å². The molecule has 0 aromatic rings. The van der Waals surface area contributed by atoms with Crippen LogP contribution in [0.4, 0.5) is 0 Å². The fraction of sp³-hybridized carbons (Fsp3) is 0.950. The quantitative estimate of drug-likeness (QED) is 0.210. The highest BCUT2D eigenvalue weighted by atomic mass is 35.5. The van der Waals surface area contributed by atoms with Gasteiger partial charge in [-0.2, -0.15) is 0 Å². The van der Waals surface area contributed by atoms with Crippen molar-refractivity contribution < 1.29 is 9.90 Å². The van der Waals surface area contributed by atoms with Gasteiger partial charge in [-0.05, 0) is 12.3 Å². The Bertz CT molecular complexity index is 256. The third-order valence-electron chi connectivity index (χ3n) is 4.65. The van der Waals surface area contributed by atoms with Gasteiger partial charge in [-0.3, -0.25) is 4.79 Å². The van der Waals surface area contributed by atoms with E-state index < -0.39 is 5.97 Å². The van der Waals surface area contributed by atoms with Crippen molar-refractivity contribution >= 4 is 17.6 Å². The maximum absolute atomic E-state index is 10.7. The van der Waals surface area contributed by atoms with Crippen molar-refractivity contribution in [1.82, 2.24) is 0 Å². The number of hydrogen-bond donors (Lipinski definition) is 1. The van der Waals surface area contributed by atoms with Crippen LogP contribution < -0.4 is 0 Å². The fourth-order valence-electron chi connectivity index (χ4n) is 3.11. The van der Waals surface area contributed by atoms with E-state index in [1.54, 1.807) is 0 Å². The number of carboxylic acid groups (broad SMARTS) is 1. The molecule has 0 bridgehead atoms. The molecule has 3 heteroatoms. The van der Waals surface area contributed by atoms with Crippen molar-refractivity contribution in [3.8, 4) is 0 Å². The van der Waals surface area contributed by atoms with E-state index in [-0.39, 0.29) is 12.3 Å². The van der Waals surface area contributed by atoms with E-state index in [2.05, 4.69) is 6.92 Å². The lowest BCUT2D eigenvalue weighted by atomic mass is 9.98. The van der Waals surface area contributed by atoms with Crippen LogP contribution in [0.3, 0.4) is 0 Å². The zero-order chi connectivity index (χ0) is 17.2. The molecule has 23 heavy (non-hydrogen) atoms. The highest BCUT2D eigenvalue weighted by molar-refractivity contribution is 6.18. The molecule has 0 aromatic heterocycles. The van der Waals surface area contributed by atoms with E-state index in [1.165, 1.54) is 83.5 Å². The second-order valence-corrected chi connectivity index (χ2v) is 7.31. The van der Waals surface area contributed by atoms with Gasteiger partial charge in [-0.25, -0.2) is 0 Å². The van der Waals surface area contributed by atoms with Gasteiger partial charge in [-0.1, -0.05) is 96.8 Å². The summed E-state index contributed by atoms with van der Waals surface area (Å²) in [6.45, 7) is 2.27. The second kappa shape index (κ2) is 18.1. The summed E-state index contributed by atoms with van der Waals surface area (Å²) >= 11 is 5.81. The number of hydrogen-bond acceptors (Lipinski definition) is 1. The summed E-state index contributed by atoms with van der Waals surface area (Å²) in [6, 6.07) is 0. The monoisotopic (exact) mass is 346 g/mol. The van der Waals surface area contributed by atoms with Crippen LogP contribution in [0.25, 0.3) is 0 Å². The van der Waals surface area contributed by atoms with Gasteiger partial charge in [0.25, 0.3) is 0 Å². The largest absolute Gasteiger partial charge is 0.481 e. The summed E-state index contributed by atoms with van der Waals surface area (Å²) in [4.78, 5) is 10.7. The number of halogens is 1. The zero-order valence-corrected chi connectivity index (χ0v) is 16.1. The Kier molecular flexibility index (Phi) is 17.9. The van der Waals surface area contributed by atoms with Crippen molar-refractivity contribution in [2.75, 3.05) is 5.88 Å². The van der Waals surface area contributed by atoms with E-state index in [0.717, 1.165) is 12.8 Å². The Labute approximate surface area is 149 Å². The van der Waals surface area contributed by atoms with Gasteiger partial charge in [0.2, 0.25) is 0 Å². The lowest BCUT2D eigenvalue weighted by molar-refractivity contribution is -0.138. The molecule has 0 saturated heterocycles. The van der Waals surface area contributed by atoms with Gasteiger partial charge >= 0.3 is 5.97 Å². The molecule has 138 valence electrons. The maximum atomic E-state index is 10.7. The van der Waals surface area contributed by atoms with Crippen LogP contribution in [-0.2, 0) is 4.79 Å². The molecule has 0 rings (SSSR count). The van der Waals surface area contributed by atoms with Gasteiger partial charge in [0.05, 0.1) is 0 Å². The Morgan fingerprint density at radius 1 is 0.783 bits per heavy atom. The fourth-order valence-corrected chi connectivity index (χ4v) is 3.37. The van der Waals surface area contributed by atoms with Gasteiger partial charge in [0.15, 0.2) is 0 Å². The highest BCUT2D eigenvalue weighted by Crippen LogP contribution is 2.17. The number of rotatable bonds is 18. The first kappa shape index (κ1) is 22.8. The molecule has 0 aliphatic heterocycles. The molecule has 0 radical (unpaired) electrons. The van der Waals surface area contributed by atoms with Crippen LogP contribution >= 0.6 is 11.6 Å². The molecule has 2 nitrogen and oxygen atoms in total. The molecule has 0 saturated carbocycles. The Balaban J connectivity index is 3.17. The maximum Gasteiger partial charge on any atom is 0.303 e. The standard InChI is InChI=1S/C20H39ClO2/c1-2-3-4-5-6-7-8-9-10-11-12-13-14-15-16-19(18-21)17-20(22)23/h19H,2-18H2,1H3,(H,22,23). The molecule has 1 N–H and O–H groups in total. The van der Waals surface area contributed by atoms with Crippen molar-refractivity contribution in [3.63, 3.8) is 0 Å². The second-order valence-electron chi connectivity index (χ2n) is 7.00. The van der Waals surface area contributed by atoms with Crippen LogP contribution in [0.1, 0.15) is 110 Å². The third-order valence-corrected chi connectivity index (χ3v) is 5.08. The summed E-state index contributed by atoms with van der Waals surface area (Å²) in [6.07, 6.45) is 20.2. The lowest BCUT2D eigenvalue weighted by Crippen LogP contribution is -2.09. The van der Waals surface area contributed by atoms with Gasteiger partial charge in [0, 0.05) is 12.3 Å². The van der Waals surface area contributed by atoms with E-state index in [4.69, 9.17) is 16.7 Å². The summed E-state index contributed by atoms with van der Waals surface area (Å²) in [5.41, 5.74) is 0. The molecule has 0 aliphatic rings. The van der Waals surface area contributed by atoms with Crippen molar-refractivity contribution in [1.29, 1.82) is 0 Å². The van der Waals surface area contributed by atoms with Gasteiger partial charge in [0.1, 0.15) is 0 Å². The molecular weight excluding hydrogens is 308 g/mol.